The molecule has 1 aromatic rings. The molecule has 0 saturated heterocycles. The fraction of sp³-hybridized carbons (Fsp3) is 0.562. The number of hydrogen-bond acceptors (Lipinski definition) is 3. The number of carbonyl (C=O) groups excluding carboxylic acids is 1. The maximum Gasteiger partial charge on any atom is 0.257 e. The lowest BCUT2D eigenvalue weighted by atomic mass is 9.67. The molecule has 1 fully saturated rings. The summed E-state index contributed by atoms with van der Waals surface area (Å²) >= 11 is 0. The number of hydrogen-bond donors (Lipinski definition) is 2. The molecule has 0 aliphatic heterocycles. The van der Waals surface area contributed by atoms with Gasteiger partial charge in [0.05, 0.1) is 6.61 Å². The molecule has 4 nitrogen and oxygen atoms in total. The predicted octanol–water partition coefficient (Wildman–Crippen LogP) is 2.65. The van der Waals surface area contributed by atoms with Crippen molar-refractivity contribution in [3.05, 3.63) is 29.3 Å². The summed E-state index contributed by atoms with van der Waals surface area (Å²) in [5, 5.41) is 11.7. The Morgan fingerprint density at radius 2 is 2.14 bits per heavy atom. The molecule has 1 aliphatic rings. The molecule has 1 aromatic carbocycles. The third kappa shape index (κ3) is 3.38. The molecule has 1 amide bonds. The van der Waals surface area contributed by atoms with Crippen molar-refractivity contribution in [3.8, 4) is 5.75 Å². The van der Waals surface area contributed by atoms with Crippen LogP contribution < -0.4 is 10.1 Å². The first-order valence-corrected chi connectivity index (χ1v) is 7.53. The molecule has 6 heteroatoms. The van der Waals surface area contributed by atoms with Crippen LogP contribution in [0.5, 0.6) is 5.75 Å². The molecule has 0 heterocycles. The van der Waals surface area contributed by atoms with Gasteiger partial charge in [-0.05, 0) is 43.7 Å². The van der Waals surface area contributed by atoms with Crippen LogP contribution in [-0.4, -0.2) is 30.8 Å². The zero-order valence-electron chi connectivity index (χ0n) is 12.6. The van der Waals surface area contributed by atoms with Gasteiger partial charge in [-0.3, -0.25) is 4.79 Å². The molecule has 1 saturated carbocycles. The van der Waals surface area contributed by atoms with E-state index in [1.165, 1.54) is 6.07 Å². The average molecular weight is 313 g/mol. The van der Waals surface area contributed by atoms with Gasteiger partial charge in [0.2, 0.25) is 0 Å². The Labute approximate surface area is 128 Å². The standard InChI is InChI=1S/C16H21F2NO3/c1-2-22-12-5-4-11(17)13(14(12)18)15(21)19-10-16(8-9-20)6-3-7-16/h4-5,20H,2-3,6-10H2,1H3,(H,19,21). The van der Waals surface area contributed by atoms with E-state index >= 15 is 0 Å². The Kier molecular flexibility index (Phi) is 5.34. The Balaban J connectivity index is 2.10. The maximum atomic E-state index is 14.2. The fourth-order valence-electron chi connectivity index (χ4n) is 2.79. The summed E-state index contributed by atoms with van der Waals surface area (Å²) in [4.78, 5) is 12.1. The van der Waals surface area contributed by atoms with Crippen molar-refractivity contribution in [1.82, 2.24) is 5.32 Å². The Morgan fingerprint density at radius 1 is 1.41 bits per heavy atom. The van der Waals surface area contributed by atoms with Gasteiger partial charge < -0.3 is 15.2 Å². The minimum Gasteiger partial charge on any atom is -0.491 e. The van der Waals surface area contributed by atoms with Gasteiger partial charge >= 0.3 is 0 Å². The molecular formula is C16H21F2NO3. The SMILES string of the molecule is CCOc1ccc(F)c(C(=O)NCC2(CCO)CCC2)c1F. The molecule has 122 valence electrons. The van der Waals surface area contributed by atoms with Crippen LogP contribution in [0.4, 0.5) is 8.78 Å². The van der Waals surface area contributed by atoms with E-state index in [1.54, 1.807) is 6.92 Å². The highest BCUT2D eigenvalue weighted by molar-refractivity contribution is 5.95. The second-order valence-corrected chi connectivity index (χ2v) is 5.68. The van der Waals surface area contributed by atoms with Gasteiger partial charge in [0, 0.05) is 13.2 Å². The molecule has 0 bridgehead atoms. The van der Waals surface area contributed by atoms with Crippen LogP contribution in [0.2, 0.25) is 0 Å². The summed E-state index contributed by atoms with van der Waals surface area (Å²) in [6.45, 7) is 2.25. The average Bonchev–Trinajstić information content (AvgIpc) is 2.45. The number of rotatable bonds is 7. The normalized spacial score (nSPS) is 16.0. The Morgan fingerprint density at radius 3 is 2.68 bits per heavy atom. The van der Waals surface area contributed by atoms with Gasteiger partial charge in [0.15, 0.2) is 11.6 Å². The monoisotopic (exact) mass is 313 g/mol. The number of ether oxygens (including phenoxy) is 1. The van der Waals surface area contributed by atoms with Gasteiger partial charge in [0.25, 0.3) is 5.91 Å². The molecule has 2 N–H and O–H groups in total. The van der Waals surface area contributed by atoms with Crippen LogP contribution in [0.1, 0.15) is 43.0 Å². The van der Waals surface area contributed by atoms with Crippen LogP contribution in [-0.2, 0) is 0 Å². The highest BCUT2D eigenvalue weighted by Gasteiger charge is 2.37. The van der Waals surface area contributed by atoms with E-state index < -0.39 is 23.1 Å². The van der Waals surface area contributed by atoms with E-state index in [0.29, 0.717) is 13.0 Å². The number of aliphatic hydroxyl groups is 1. The second kappa shape index (κ2) is 7.05. The van der Waals surface area contributed by atoms with Crippen LogP contribution in [0.25, 0.3) is 0 Å². The quantitative estimate of drug-likeness (QED) is 0.813. The molecular weight excluding hydrogens is 292 g/mol. The molecule has 0 atom stereocenters. The molecule has 0 radical (unpaired) electrons. The number of carbonyl (C=O) groups is 1. The first-order valence-electron chi connectivity index (χ1n) is 7.53. The minimum absolute atomic E-state index is 0.0401. The van der Waals surface area contributed by atoms with E-state index in [2.05, 4.69) is 5.32 Å². The van der Waals surface area contributed by atoms with E-state index in [9.17, 15) is 13.6 Å². The van der Waals surface area contributed by atoms with Gasteiger partial charge in [-0.1, -0.05) is 6.42 Å². The van der Waals surface area contributed by atoms with Gasteiger partial charge in [-0.15, -0.1) is 0 Å². The zero-order valence-corrected chi connectivity index (χ0v) is 12.6. The fourth-order valence-corrected chi connectivity index (χ4v) is 2.79. The lowest BCUT2D eigenvalue weighted by Gasteiger charge is -2.41. The van der Waals surface area contributed by atoms with Crippen molar-refractivity contribution in [1.29, 1.82) is 0 Å². The lowest BCUT2D eigenvalue weighted by Crippen LogP contribution is -2.43. The summed E-state index contributed by atoms with van der Waals surface area (Å²) in [6, 6.07) is 2.19. The largest absolute Gasteiger partial charge is 0.491 e. The number of amides is 1. The number of aliphatic hydroxyl groups excluding tert-OH is 1. The molecule has 0 aromatic heterocycles. The minimum atomic E-state index is -0.982. The highest BCUT2D eigenvalue weighted by atomic mass is 19.1. The molecule has 1 aliphatic carbocycles. The van der Waals surface area contributed by atoms with Crippen LogP contribution >= 0.6 is 0 Å². The summed E-state index contributed by atoms with van der Waals surface area (Å²) < 4.78 is 33.0. The van der Waals surface area contributed by atoms with E-state index in [0.717, 1.165) is 25.3 Å². The number of nitrogens with one attached hydrogen (secondary N) is 1. The summed E-state index contributed by atoms with van der Waals surface area (Å²) in [5.41, 5.74) is -0.765. The first-order chi connectivity index (χ1) is 10.5. The highest BCUT2D eigenvalue weighted by Crippen LogP contribution is 2.43. The molecule has 2 rings (SSSR count). The second-order valence-electron chi connectivity index (χ2n) is 5.68. The van der Waals surface area contributed by atoms with Crippen LogP contribution in [0.15, 0.2) is 12.1 Å². The van der Waals surface area contributed by atoms with Crippen LogP contribution in [0.3, 0.4) is 0 Å². The van der Waals surface area contributed by atoms with E-state index in [1.807, 2.05) is 0 Å². The maximum absolute atomic E-state index is 14.2. The van der Waals surface area contributed by atoms with E-state index in [4.69, 9.17) is 9.84 Å². The molecule has 0 unspecified atom stereocenters. The third-order valence-electron chi connectivity index (χ3n) is 4.26. The molecule has 0 spiro atoms. The Hall–Kier alpha value is -1.69. The van der Waals surface area contributed by atoms with Crippen molar-refractivity contribution >= 4 is 5.91 Å². The summed E-state index contributed by atoms with van der Waals surface area (Å²) in [6.07, 6.45) is 3.42. The lowest BCUT2D eigenvalue weighted by molar-refractivity contribution is 0.0727. The smallest absolute Gasteiger partial charge is 0.257 e. The number of benzene rings is 1. The van der Waals surface area contributed by atoms with E-state index in [-0.39, 0.29) is 24.4 Å². The van der Waals surface area contributed by atoms with Crippen molar-refractivity contribution in [2.24, 2.45) is 5.41 Å². The first kappa shape index (κ1) is 16.7. The number of halogens is 2. The Bertz CT molecular complexity index is 544. The predicted molar refractivity (Wildman–Crippen MR) is 77.8 cm³/mol. The zero-order chi connectivity index (χ0) is 16.2. The van der Waals surface area contributed by atoms with Crippen molar-refractivity contribution in [2.45, 2.75) is 32.6 Å². The van der Waals surface area contributed by atoms with Crippen molar-refractivity contribution < 1.29 is 23.4 Å². The van der Waals surface area contributed by atoms with Crippen molar-refractivity contribution in [2.75, 3.05) is 19.8 Å². The van der Waals surface area contributed by atoms with Crippen molar-refractivity contribution in [3.63, 3.8) is 0 Å². The summed E-state index contributed by atoms with van der Waals surface area (Å²) in [5.74, 6) is -2.82. The topological polar surface area (TPSA) is 58.6 Å². The van der Waals surface area contributed by atoms with Gasteiger partial charge in [-0.2, -0.15) is 0 Å². The molecule has 22 heavy (non-hydrogen) atoms. The third-order valence-corrected chi connectivity index (χ3v) is 4.26. The van der Waals surface area contributed by atoms with Gasteiger partial charge in [-0.25, -0.2) is 8.78 Å². The van der Waals surface area contributed by atoms with Crippen LogP contribution in [0, 0.1) is 17.0 Å². The van der Waals surface area contributed by atoms with Gasteiger partial charge in [0.1, 0.15) is 11.4 Å². The summed E-state index contributed by atoms with van der Waals surface area (Å²) in [7, 11) is 0.